The van der Waals surface area contributed by atoms with Gasteiger partial charge >= 0.3 is 0 Å². The summed E-state index contributed by atoms with van der Waals surface area (Å²) in [7, 11) is 0. The van der Waals surface area contributed by atoms with Gasteiger partial charge in [-0.3, -0.25) is 4.79 Å². The molecular formula is C18H29ClN2O. The number of carbonyl (C=O) groups excluding carboxylic acids is 1. The van der Waals surface area contributed by atoms with Crippen molar-refractivity contribution in [2.24, 2.45) is 5.92 Å². The average Bonchev–Trinajstić information content (AvgIpc) is 3.04. The Labute approximate surface area is 140 Å². The molecule has 1 aliphatic rings. The van der Waals surface area contributed by atoms with Gasteiger partial charge in [0.25, 0.3) is 0 Å². The van der Waals surface area contributed by atoms with Gasteiger partial charge < -0.3 is 10.2 Å². The number of nitrogens with zero attached hydrogens (tertiary/aromatic N) is 1. The number of amides is 1. The number of halogens is 1. The molecule has 0 saturated carbocycles. The van der Waals surface area contributed by atoms with Crippen LogP contribution in [0.2, 0.25) is 0 Å². The second-order valence-electron chi connectivity index (χ2n) is 5.91. The zero-order valence-electron chi connectivity index (χ0n) is 13.8. The SMILES string of the molecule is CCC(c1ccccc1)N(CC)C(=O)CCC1CCNC1.Cl. The minimum atomic E-state index is 0. The molecule has 124 valence electrons. The van der Waals surface area contributed by atoms with E-state index in [2.05, 4.69) is 48.3 Å². The van der Waals surface area contributed by atoms with Crippen LogP contribution in [-0.4, -0.2) is 30.4 Å². The summed E-state index contributed by atoms with van der Waals surface area (Å²) < 4.78 is 0. The second kappa shape index (κ2) is 9.86. The lowest BCUT2D eigenvalue weighted by atomic mass is 9.99. The molecule has 1 aliphatic heterocycles. The lowest BCUT2D eigenvalue weighted by molar-refractivity contribution is -0.133. The fraction of sp³-hybridized carbons (Fsp3) is 0.611. The molecule has 1 aromatic carbocycles. The van der Waals surface area contributed by atoms with Crippen LogP contribution in [0.25, 0.3) is 0 Å². The van der Waals surface area contributed by atoms with Gasteiger partial charge in [-0.15, -0.1) is 12.4 Å². The first-order valence-corrected chi connectivity index (χ1v) is 8.31. The van der Waals surface area contributed by atoms with Crippen LogP contribution in [0, 0.1) is 5.92 Å². The van der Waals surface area contributed by atoms with Gasteiger partial charge in [-0.05, 0) is 50.8 Å². The molecule has 1 aromatic rings. The van der Waals surface area contributed by atoms with Crippen molar-refractivity contribution in [2.45, 2.75) is 45.6 Å². The molecule has 0 bridgehead atoms. The molecule has 1 saturated heterocycles. The highest BCUT2D eigenvalue weighted by molar-refractivity contribution is 5.85. The maximum absolute atomic E-state index is 12.6. The Kier molecular flexibility index (Phi) is 8.51. The summed E-state index contributed by atoms with van der Waals surface area (Å²) in [6.45, 7) is 7.22. The highest BCUT2D eigenvalue weighted by Gasteiger charge is 2.23. The molecule has 0 spiro atoms. The van der Waals surface area contributed by atoms with Gasteiger partial charge in [-0.1, -0.05) is 37.3 Å². The molecule has 2 unspecified atom stereocenters. The van der Waals surface area contributed by atoms with E-state index in [-0.39, 0.29) is 18.4 Å². The zero-order valence-corrected chi connectivity index (χ0v) is 14.6. The first-order valence-electron chi connectivity index (χ1n) is 8.31. The summed E-state index contributed by atoms with van der Waals surface area (Å²) in [5.74, 6) is 0.990. The maximum atomic E-state index is 12.6. The minimum Gasteiger partial charge on any atom is -0.336 e. The number of benzene rings is 1. The normalized spacial score (nSPS) is 18.5. The van der Waals surface area contributed by atoms with E-state index >= 15 is 0 Å². The van der Waals surface area contributed by atoms with Gasteiger partial charge in [-0.25, -0.2) is 0 Å². The van der Waals surface area contributed by atoms with Crippen LogP contribution in [0.1, 0.15) is 51.1 Å². The molecule has 0 aliphatic carbocycles. The van der Waals surface area contributed by atoms with Crippen molar-refractivity contribution in [1.29, 1.82) is 0 Å². The Balaban J connectivity index is 0.00000242. The second-order valence-corrected chi connectivity index (χ2v) is 5.91. The topological polar surface area (TPSA) is 32.3 Å². The van der Waals surface area contributed by atoms with Crippen LogP contribution in [0.5, 0.6) is 0 Å². The Morgan fingerprint density at radius 1 is 1.32 bits per heavy atom. The fourth-order valence-corrected chi connectivity index (χ4v) is 3.31. The number of carbonyl (C=O) groups is 1. The maximum Gasteiger partial charge on any atom is 0.223 e. The van der Waals surface area contributed by atoms with Gasteiger partial charge in [0.1, 0.15) is 0 Å². The quantitative estimate of drug-likeness (QED) is 0.827. The molecule has 2 atom stereocenters. The molecule has 4 heteroatoms. The lowest BCUT2D eigenvalue weighted by Crippen LogP contribution is -2.34. The third kappa shape index (κ3) is 4.99. The number of hydrogen-bond acceptors (Lipinski definition) is 2. The van der Waals surface area contributed by atoms with Crippen molar-refractivity contribution >= 4 is 18.3 Å². The standard InChI is InChI=1S/C18H28N2O.ClH/c1-3-17(16-8-6-5-7-9-16)20(4-2)18(21)11-10-15-12-13-19-14-15;/h5-9,15,17,19H,3-4,10-14H2,1-2H3;1H. The Hall–Kier alpha value is -1.06. The predicted molar refractivity (Wildman–Crippen MR) is 94.3 cm³/mol. The van der Waals surface area contributed by atoms with Gasteiger partial charge in [0.05, 0.1) is 6.04 Å². The van der Waals surface area contributed by atoms with E-state index < -0.39 is 0 Å². The van der Waals surface area contributed by atoms with Crippen LogP contribution in [-0.2, 0) is 4.79 Å². The van der Waals surface area contributed by atoms with Crippen LogP contribution in [0.3, 0.4) is 0 Å². The highest BCUT2D eigenvalue weighted by atomic mass is 35.5. The molecule has 0 radical (unpaired) electrons. The zero-order chi connectivity index (χ0) is 15.1. The van der Waals surface area contributed by atoms with Gasteiger partial charge in [0.2, 0.25) is 5.91 Å². The van der Waals surface area contributed by atoms with Crippen molar-refractivity contribution in [3.63, 3.8) is 0 Å². The Bertz CT molecular complexity index is 432. The monoisotopic (exact) mass is 324 g/mol. The summed E-state index contributed by atoms with van der Waals surface area (Å²) in [4.78, 5) is 14.7. The molecule has 1 N–H and O–H groups in total. The van der Waals surface area contributed by atoms with E-state index in [9.17, 15) is 4.79 Å². The van der Waals surface area contributed by atoms with Crippen molar-refractivity contribution < 1.29 is 4.79 Å². The molecule has 1 fully saturated rings. The molecule has 1 heterocycles. The van der Waals surface area contributed by atoms with Crippen molar-refractivity contribution in [2.75, 3.05) is 19.6 Å². The van der Waals surface area contributed by atoms with E-state index in [1.165, 1.54) is 12.0 Å². The van der Waals surface area contributed by atoms with Crippen molar-refractivity contribution in [1.82, 2.24) is 10.2 Å². The molecule has 1 amide bonds. The molecule has 0 aromatic heterocycles. The number of hydrogen-bond donors (Lipinski definition) is 1. The minimum absolute atomic E-state index is 0. The first kappa shape index (κ1) is 19.0. The molecule has 22 heavy (non-hydrogen) atoms. The van der Waals surface area contributed by atoms with Gasteiger partial charge in [0.15, 0.2) is 0 Å². The summed E-state index contributed by atoms with van der Waals surface area (Å²) >= 11 is 0. The summed E-state index contributed by atoms with van der Waals surface area (Å²) in [5, 5.41) is 3.37. The highest BCUT2D eigenvalue weighted by Crippen LogP contribution is 2.25. The van der Waals surface area contributed by atoms with E-state index in [4.69, 9.17) is 0 Å². The Morgan fingerprint density at radius 3 is 2.59 bits per heavy atom. The average molecular weight is 325 g/mol. The molecule has 2 rings (SSSR count). The van der Waals surface area contributed by atoms with E-state index in [1.807, 2.05) is 6.07 Å². The van der Waals surface area contributed by atoms with Gasteiger partial charge in [0, 0.05) is 13.0 Å². The molecular weight excluding hydrogens is 296 g/mol. The van der Waals surface area contributed by atoms with Crippen molar-refractivity contribution in [3.05, 3.63) is 35.9 Å². The fourth-order valence-electron chi connectivity index (χ4n) is 3.31. The number of rotatable bonds is 7. The largest absolute Gasteiger partial charge is 0.336 e. The molecule has 3 nitrogen and oxygen atoms in total. The number of nitrogens with one attached hydrogen (secondary N) is 1. The summed E-state index contributed by atoms with van der Waals surface area (Å²) in [5.41, 5.74) is 1.25. The van der Waals surface area contributed by atoms with Gasteiger partial charge in [-0.2, -0.15) is 0 Å². The van der Waals surface area contributed by atoms with E-state index in [1.54, 1.807) is 0 Å². The van der Waals surface area contributed by atoms with Crippen LogP contribution in [0.15, 0.2) is 30.3 Å². The smallest absolute Gasteiger partial charge is 0.223 e. The van der Waals surface area contributed by atoms with Crippen LogP contribution >= 0.6 is 12.4 Å². The third-order valence-electron chi connectivity index (χ3n) is 4.54. The van der Waals surface area contributed by atoms with Crippen molar-refractivity contribution in [3.8, 4) is 0 Å². The summed E-state index contributed by atoms with van der Waals surface area (Å²) in [6.07, 6.45) is 3.89. The first-order chi connectivity index (χ1) is 10.3. The van der Waals surface area contributed by atoms with E-state index in [0.29, 0.717) is 18.2 Å². The van der Waals surface area contributed by atoms with E-state index in [0.717, 1.165) is 32.5 Å². The third-order valence-corrected chi connectivity index (χ3v) is 4.54. The Morgan fingerprint density at radius 2 is 2.05 bits per heavy atom. The summed E-state index contributed by atoms with van der Waals surface area (Å²) in [6, 6.07) is 10.6. The van der Waals surface area contributed by atoms with Crippen LogP contribution < -0.4 is 5.32 Å². The predicted octanol–water partition coefficient (Wildman–Crippen LogP) is 3.80. The lowest BCUT2D eigenvalue weighted by Gasteiger charge is -2.31. The van der Waals surface area contributed by atoms with Crippen LogP contribution in [0.4, 0.5) is 0 Å².